The Morgan fingerprint density at radius 1 is 1.45 bits per heavy atom. The molecule has 2 unspecified atom stereocenters. The second-order valence-electron chi connectivity index (χ2n) is 5.48. The molecule has 0 spiro atoms. The van der Waals surface area contributed by atoms with E-state index in [0.29, 0.717) is 23.6 Å². The number of nitro benzene ring substituents is 1. The highest BCUT2D eigenvalue weighted by Crippen LogP contribution is 2.45. The Bertz CT molecular complexity index is 704. The summed E-state index contributed by atoms with van der Waals surface area (Å²) in [5, 5.41) is 18.9. The lowest BCUT2D eigenvalue weighted by atomic mass is 10.2. The number of aryl methyl sites for hydroxylation is 1. The summed E-state index contributed by atoms with van der Waals surface area (Å²) in [6.07, 6.45) is 0. The van der Waals surface area contributed by atoms with E-state index in [-0.39, 0.29) is 10.6 Å². The minimum absolute atomic E-state index is 0.152. The first-order valence-electron chi connectivity index (χ1n) is 6.66. The molecule has 2 heterocycles. The first kappa shape index (κ1) is 12.0. The summed E-state index contributed by atoms with van der Waals surface area (Å²) >= 11 is 1.49. The van der Waals surface area contributed by atoms with Crippen molar-refractivity contribution in [1.82, 2.24) is 10.3 Å². The summed E-state index contributed by atoms with van der Waals surface area (Å²) in [5.74, 6) is 1.23. The smallest absolute Gasteiger partial charge is 0.293 e. The van der Waals surface area contributed by atoms with Crippen LogP contribution in [0.4, 0.5) is 11.4 Å². The van der Waals surface area contributed by atoms with Crippen LogP contribution in [-0.4, -0.2) is 29.0 Å². The number of benzene rings is 1. The van der Waals surface area contributed by atoms with E-state index in [9.17, 15) is 10.1 Å². The van der Waals surface area contributed by atoms with Gasteiger partial charge in [0.15, 0.2) is 0 Å². The molecule has 1 aromatic heterocycles. The molecule has 2 fully saturated rings. The molecule has 4 rings (SSSR count). The monoisotopic (exact) mass is 290 g/mol. The predicted octanol–water partition coefficient (Wildman–Crippen LogP) is 2.14. The van der Waals surface area contributed by atoms with Crippen LogP contribution in [0.15, 0.2) is 12.1 Å². The Labute approximate surface area is 119 Å². The molecule has 2 aliphatic rings. The lowest BCUT2D eigenvalue weighted by Gasteiger charge is -2.09. The number of thiazole rings is 1. The number of hydrogen-bond acceptors (Lipinski definition) is 6. The van der Waals surface area contributed by atoms with Crippen LogP contribution in [0.2, 0.25) is 0 Å². The third kappa shape index (κ3) is 1.77. The molecule has 1 saturated heterocycles. The predicted molar refractivity (Wildman–Crippen MR) is 78.3 cm³/mol. The van der Waals surface area contributed by atoms with Crippen molar-refractivity contribution in [3.8, 4) is 0 Å². The van der Waals surface area contributed by atoms with Crippen LogP contribution in [0.1, 0.15) is 5.01 Å². The third-order valence-corrected chi connectivity index (χ3v) is 5.16. The van der Waals surface area contributed by atoms with Gasteiger partial charge in [-0.15, -0.1) is 11.3 Å². The van der Waals surface area contributed by atoms with Gasteiger partial charge in [0.25, 0.3) is 5.69 Å². The Balaban J connectivity index is 1.72. The zero-order valence-electron chi connectivity index (χ0n) is 10.9. The third-order valence-electron chi connectivity index (χ3n) is 4.22. The summed E-state index contributed by atoms with van der Waals surface area (Å²) in [6.45, 7) is 3.93. The van der Waals surface area contributed by atoms with Crippen molar-refractivity contribution in [2.75, 3.05) is 18.4 Å². The Hall–Kier alpha value is -1.73. The number of hydrogen-bond donors (Lipinski definition) is 2. The molecule has 7 heteroatoms. The maximum absolute atomic E-state index is 11.3. The van der Waals surface area contributed by atoms with Crippen molar-refractivity contribution < 1.29 is 4.92 Å². The average Bonchev–Trinajstić information content (AvgIpc) is 2.79. The van der Waals surface area contributed by atoms with Crippen molar-refractivity contribution >= 4 is 32.9 Å². The van der Waals surface area contributed by atoms with E-state index >= 15 is 0 Å². The molecule has 2 atom stereocenters. The van der Waals surface area contributed by atoms with Crippen LogP contribution < -0.4 is 10.6 Å². The molecular weight excluding hydrogens is 276 g/mol. The molecule has 1 aliphatic heterocycles. The van der Waals surface area contributed by atoms with E-state index in [1.807, 2.05) is 13.0 Å². The van der Waals surface area contributed by atoms with E-state index in [1.54, 1.807) is 6.07 Å². The maximum Gasteiger partial charge on any atom is 0.293 e. The lowest BCUT2D eigenvalue weighted by Crippen LogP contribution is -2.21. The summed E-state index contributed by atoms with van der Waals surface area (Å²) in [6, 6.07) is 3.82. The normalized spacial score (nSPS) is 27.6. The summed E-state index contributed by atoms with van der Waals surface area (Å²) in [4.78, 5) is 15.4. The lowest BCUT2D eigenvalue weighted by molar-refractivity contribution is -0.383. The Morgan fingerprint density at radius 2 is 2.20 bits per heavy atom. The van der Waals surface area contributed by atoms with Crippen LogP contribution in [0.3, 0.4) is 0 Å². The van der Waals surface area contributed by atoms with Crippen molar-refractivity contribution in [2.24, 2.45) is 11.8 Å². The van der Waals surface area contributed by atoms with Gasteiger partial charge in [0.1, 0.15) is 5.69 Å². The van der Waals surface area contributed by atoms with Gasteiger partial charge >= 0.3 is 0 Å². The molecule has 0 amide bonds. The van der Waals surface area contributed by atoms with Crippen molar-refractivity contribution in [2.45, 2.75) is 13.0 Å². The van der Waals surface area contributed by atoms with Crippen LogP contribution >= 0.6 is 11.3 Å². The molecule has 2 aromatic rings. The van der Waals surface area contributed by atoms with Gasteiger partial charge in [-0.1, -0.05) is 0 Å². The average molecular weight is 290 g/mol. The van der Waals surface area contributed by atoms with Crippen molar-refractivity contribution in [1.29, 1.82) is 0 Å². The van der Waals surface area contributed by atoms with E-state index in [2.05, 4.69) is 15.6 Å². The quantitative estimate of drug-likeness (QED) is 0.668. The largest absolute Gasteiger partial charge is 0.376 e. The van der Waals surface area contributed by atoms with Gasteiger partial charge in [0.2, 0.25) is 0 Å². The summed E-state index contributed by atoms with van der Waals surface area (Å²) in [5.41, 5.74) is 1.59. The molecule has 2 N–H and O–H groups in total. The van der Waals surface area contributed by atoms with Gasteiger partial charge in [-0.2, -0.15) is 0 Å². The number of fused-ring (bicyclic) bond motifs is 2. The highest BCUT2D eigenvalue weighted by molar-refractivity contribution is 7.18. The fraction of sp³-hybridized carbons (Fsp3) is 0.462. The Kier molecular flexibility index (Phi) is 2.49. The molecular formula is C13H14N4O2S. The maximum atomic E-state index is 11.3. The fourth-order valence-electron chi connectivity index (χ4n) is 3.16. The van der Waals surface area contributed by atoms with Gasteiger partial charge < -0.3 is 10.6 Å². The van der Waals surface area contributed by atoms with E-state index in [1.165, 1.54) is 11.3 Å². The molecule has 104 valence electrons. The van der Waals surface area contributed by atoms with Crippen LogP contribution in [0, 0.1) is 28.9 Å². The second kappa shape index (κ2) is 4.13. The van der Waals surface area contributed by atoms with Gasteiger partial charge in [-0.25, -0.2) is 4.98 Å². The fourth-order valence-corrected chi connectivity index (χ4v) is 4.00. The number of nitro groups is 1. The van der Waals surface area contributed by atoms with E-state index in [0.717, 1.165) is 28.3 Å². The number of rotatable bonds is 3. The topological polar surface area (TPSA) is 80.1 Å². The SMILES string of the molecule is Cc1nc2cc(NC3C4CNCC43)c([N+](=O)[O-])cc2s1. The van der Waals surface area contributed by atoms with Gasteiger partial charge in [-0.3, -0.25) is 10.1 Å². The second-order valence-corrected chi connectivity index (χ2v) is 6.72. The zero-order valence-corrected chi connectivity index (χ0v) is 11.7. The summed E-state index contributed by atoms with van der Waals surface area (Å²) in [7, 11) is 0. The molecule has 20 heavy (non-hydrogen) atoms. The minimum atomic E-state index is -0.312. The summed E-state index contributed by atoms with van der Waals surface area (Å²) < 4.78 is 0.873. The van der Waals surface area contributed by atoms with E-state index < -0.39 is 0 Å². The van der Waals surface area contributed by atoms with Crippen molar-refractivity contribution in [3.05, 3.63) is 27.3 Å². The van der Waals surface area contributed by atoms with Crippen LogP contribution in [0.25, 0.3) is 10.2 Å². The van der Waals surface area contributed by atoms with Crippen molar-refractivity contribution in [3.63, 3.8) is 0 Å². The van der Waals surface area contributed by atoms with Gasteiger partial charge in [0.05, 0.1) is 20.1 Å². The molecule has 0 bridgehead atoms. The van der Waals surface area contributed by atoms with E-state index in [4.69, 9.17) is 0 Å². The standard InChI is InChI=1S/C13H14N4O2S/c1-6-15-10-2-9(11(17(18)19)3-12(10)20-6)16-13-7-4-14-5-8(7)13/h2-3,7-8,13-14,16H,4-5H2,1H3. The van der Waals surface area contributed by atoms with Crippen LogP contribution in [-0.2, 0) is 0 Å². The number of aromatic nitrogens is 1. The molecule has 0 radical (unpaired) electrons. The minimum Gasteiger partial charge on any atom is -0.376 e. The highest BCUT2D eigenvalue weighted by Gasteiger charge is 2.53. The molecule has 1 aromatic carbocycles. The number of piperidine rings is 1. The number of anilines is 1. The van der Waals surface area contributed by atoms with Gasteiger partial charge in [0, 0.05) is 25.2 Å². The number of nitrogens with one attached hydrogen (secondary N) is 2. The highest BCUT2D eigenvalue weighted by atomic mass is 32.1. The molecule has 1 aliphatic carbocycles. The number of nitrogens with zero attached hydrogens (tertiary/aromatic N) is 2. The first-order chi connectivity index (χ1) is 9.63. The van der Waals surface area contributed by atoms with Gasteiger partial charge in [-0.05, 0) is 24.8 Å². The first-order valence-corrected chi connectivity index (χ1v) is 7.48. The van der Waals surface area contributed by atoms with Crippen LogP contribution in [0.5, 0.6) is 0 Å². The molecule has 6 nitrogen and oxygen atoms in total. The molecule has 1 saturated carbocycles. The Morgan fingerprint density at radius 3 is 2.90 bits per heavy atom. The zero-order chi connectivity index (χ0) is 13.9.